The number of carboxylic acid groups (broad SMARTS) is 2. The second-order valence-electron chi connectivity index (χ2n) is 2.50. The van der Waals surface area contributed by atoms with Gasteiger partial charge in [-0.25, -0.2) is 0 Å². The van der Waals surface area contributed by atoms with Gasteiger partial charge in [-0.2, -0.15) is 0 Å². The Bertz CT molecular complexity index is 198. The number of rotatable bonds is 4. The van der Waals surface area contributed by atoms with Crippen LogP contribution in [0, 0.1) is 49.4 Å². The predicted octanol–water partition coefficient (Wildman–Crippen LogP) is -2.57. The molecule has 6 nitrogen and oxygen atoms in total. The minimum Gasteiger partial charge on any atom is -0.550 e. The van der Waals surface area contributed by atoms with E-state index in [-0.39, 0.29) is 60.9 Å². The van der Waals surface area contributed by atoms with Crippen molar-refractivity contribution in [1.29, 1.82) is 0 Å². The van der Waals surface area contributed by atoms with Crippen LogP contribution in [0.1, 0.15) is 26.7 Å². The van der Waals surface area contributed by atoms with Crippen LogP contribution in [0.5, 0.6) is 0 Å². The molecule has 0 heterocycles. The normalized spacial score (nSPS) is 7.60. The minimum atomic E-state index is -1.31. The molecular weight excluding hydrogens is 344 g/mol. The molecule has 85 valence electrons. The monoisotopic (exact) mass is 355 g/mol. The Balaban J connectivity index is -0.000000180. The SMILES string of the molecule is CC(=O)CC(=O)[O-].CC(=O)CC(=O)[O-].[Eu+2]. The van der Waals surface area contributed by atoms with E-state index in [9.17, 15) is 29.4 Å². The van der Waals surface area contributed by atoms with E-state index in [0.717, 1.165) is 0 Å². The number of hydrogen-bond acceptors (Lipinski definition) is 6. The van der Waals surface area contributed by atoms with Gasteiger partial charge in [-0.15, -0.1) is 0 Å². The molecule has 0 aromatic heterocycles. The molecule has 0 aliphatic carbocycles. The molecule has 0 amide bonds. The van der Waals surface area contributed by atoms with E-state index in [2.05, 4.69) is 0 Å². The van der Waals surface area contributed by atoms with E-state index < -0.39 is 24.8 Å². The van der Waals surface area contributed by atoms with Crippen LogP contribution in [0.3, 0.4) is 0 Å². The minimum absolute atomic E-state index is 0. The number of ketones is 2. The van der Waals surface area contributed by atoms with Crippen molar-refractivity contribution in [3.63, 3.8) is 0 Å². The van der Waals surface area contributed by atoms with Gasteiger partial charge in [-0.1, -0.05) is 0 Å². The molecule has 0 spiro atoms. The summed E-state index contributed by atoms with van der Waals surface area (Å²) < 4.78 is 0. The fourth-order valence-electron chi connectivity index (χ4n) is 0.407. The van der Waals surface area contributed by atoms with Crippen LogP contribution in [0.15, 0.2) is 0 Å². The summed E-state index contributed by atoms with van der Waals surface area (Å²) in [6, 6.07) is 0. The quantitative estimate of drug-likeness (QED) is 0.513. The van der Waals surface area contributed by atoms with Crippen molar-refractivity contribution in [2.45, 2.75) is 26.7 Å². The van der Waals surface area contributed by atoms with Gasteiger partial charge >= 0.3 is 49.4 Å². The Labute approximate surface area is 128 Å². The molecule has 0 aliphatic rings. The summed E-state index contributed by atoms with van der Waals surface area (Å²) in [7, 11) is 0. The Morgan fingerprint density at radius 3 is 1.00 bits per heavy atom. The first-order chi connectivity index (χ1) is 6.25. The van der Waals surface area contributed by atoms with Crippen molar-refractivity contribution >= 4 is 23.5 Å². The van der Waals surface area contributed by atoms with E-state index in [1.807, 2.05) is 0 Å². The molecule has 0 rings (SSSR count). The number of hydrogen-bond donors (Lipinski definition) is 0. The van der Waals surface area contributed by atoms with Gasteiger partial charge in [-0.05, 0) is 13.8 Å². The smallest absolute Gasteiger partial charge is 0.550 e. The Hall–Kier alpha value is -0.136. The van der Waals surface area contributed by atoms with Gasteiger partial charge < -0.3 is 19.8 Å². The molecular formula is C8H10EuO6. The summed E-state index contributed by atoms with van der Waals surface area (Å²) in [5, 5.41) is 19.0. The average Bonchev–Trinajstić information content (AvgIpc) is 1.79. The van der Waals surface area contributed by atoms with Crippen LogP contribution in [0.4, 0.5) is 0 Å². The maximum atomic E-state index is 9.83. The van der Waals surface area contributed by atoms with E-state index in [4.69, 9.17) is 0 Å². The molecule has 0 bridgehead atoms. The first-order valence-electron chi connectivity index (χ1n) is 3.64. The fraction of sp³-hybridized carbons (Fsp3) is 0.500. The van der Waals surface area contributed by atoms with Gasteiger partial charge in [0.25, 0.3) is 0 Å². The van der Waals surface area contributed by atoms with Crippen LogP contribution in [0.25, 0.3) is 0 Å². The summed E-state index contributed by atoms with van der Waals surface area (Å²) in [5.41, 5.74) is 0. The number of carbonyl (C=O) groups is 4. The number of carbonyl (C=O) groups excluding carboxylic acids is 4. The standard InChI is InChI=1S/2C4H6O3.Eu/c2*1-3(5)2-4(6)7;/h2*2H2,1H3,(H,6,7);/q;;+2/p-2. The number of aliphatic carboxylic acids is 2. The van der Waals surface area contributed by atoms with Gasteiger partial charge in [0.05, 0.1) is 0 Å². The molecule has 0 atom stereocenters. The summed E-state index contributed by atoms with van der Waals surface area (Å²) >= 11 is 0. The molecule has 0 unspecified atom stereocenters. The Morgan fingerprint density at radius 2 is 1.00 bits per heavy atom. The fourth-order valence-corrected chi connectivity index (χ4v) is 0.407. The molecule has 7 heteroatoms. The number of Topliss-reactive ketones (excluding diaryl/α,β-unsaturated/α-hetero) is 2. The maximum absolute atomic E-state index is 9.83. The summed E-state index contributed by atoms with van der Waals surface area (Å²) in [4.78, 5) is 38.6. The molecule has 0 aliphatic heterocycles. The molecule has 1 radical (unpaired) electrons. The van der Waals surface area contributed by atoms with Crippen LogP contribution >= 0.6 is 0 Å². The van der Waals surface area contributed by atoms with Gasteiger partial charge in [0.15, 0.2) is 0 Å². The molecule has 0 saturated carbocycles. The predicted molar refractivity (Wildman–Crippen MR) is 40.6 cm³/mol. The van der Waals surface area contributed by atoms with Crippen molar-refractivity contribution in [2.75, 3.05) is 0 Å². The van der Waals surface area contributed by atoms with E-state index in [0.29, 0.717) is 0 Å². The third-order valence-corrected chi connectivity index (χ3v) is 0.787. The first-order valence-corrected chi connectivity index (χ1v) is 3.64. The van der Waals surface area contributed by atoms with Crippen LogP contribution in [-0.2, 0) is 19.2 Å². The summed E-state index contributed by atoms with van der Waals surface area (Å²) in [6.07, 6.45) is -0.944. The summed E-state index contributed by atoms with van der Waals surface area (Å²) in [6.45, 7) is 2.41. The maximum Gasteiger partial charge on any atom is 2.00 e. The van der Waals surface area contributed by atoms with Gasteiger partial charge in [0.2, 0.25) is 0 Å². The third-order valence-electron chi connectivity index (χ3n) is 0.787. The topological polar surface area (TPSA) is 114 Å². The van der Waals surface area contributed by atoms with Gasteiger partial charge in [0, 0.05) is 24.8 Å². The van der Waals surface area contributed by atoms with Crippen LogP contribution in [-0.4, -0.2) is 23.5 Å². The number of carboxylic acids is 2. The van der Waals surface area contributed by atoms with Gasteiger partial charge in [-0.3, -0.25) is 9.59 Å². The van der Waals surface area contributed by atoms with Crippen molar-refractivity contribution in [1.82, 2.24) is 0 Å². The van der Waals surface area contributed by atoms with E-state index >= 15 is 0 Å². The summed E-state index contributed by atoms with van der Waals surface area (Å²) in [5.74, 6) is -3.37. The average molecular weight is 354 g/mol. The molecule has 0 fully saturated rings. The Kier molecular flexibility index (Phi) is 16.2. The molecule has 0 N–H and O–H groups in total. The van der Waals surface area contributed by atoms with Crippen molar-refractivity contribution in [3.05, 3.63) is 0 Å². The van der Waals surface area contributed by atoms with Crippen molar-refractivity contribution in [2.24, 2.45) is 0 Å². The molecule has 0 aromatic carbocycles. The second-order valence-corrected chi connectivity index (χ2v) is 2.50. The second kappa shape index (κ2) is 11.9. The largest absolute Gasteiger partial charge is 2.00 e. The van der Waals surface area contributed by atoms with E-state index in [1.165, 1.54) is 13.8 Å². The van der Waals surface area contributed by atoms with Crippen molar-refractivity contribution < 1.29 is 78.8 Å². The van der Waals surface area contributed by atoms with Crippen LogP contribution in [0.2, 0.25) is 0 Å². The zero-order valence-corrected chi connectivity index (χ0v) is 10.7. The van der Waals surface area contributed by atoms with Crippen LogP contribution < -0.4 is 10.2 Å². The first kappa shape index (κ1) is 20.3. The van der Waals surface area contributed by atoms with E-state index in [1.54, 1.807) is 0 Å². The van der Waals surface area contributed by atoms with Crippen molar-refractivity contribution in [3.8, 4) is 0 Å². The molecule has 0 saturated heterocycles. The zero-order valence-electron chi connectivity index (χ0n) is 8.24. The Morgan fingerprint density at radius 1 is 0.800 bits per heavy atom. The van der Waals surface area contributed by atoms with Gasteiger partial charge in [0.1, 0.15) is 11.6 Å². The third kappa shape index (κ3) is 31.6. The zero-order chi connectivity index (χ0) is 11.7. The molecule has 0 aromatic rings. The molecule has 15 heavy (non-hydrogen) atoms.